The van der Waals surface area contributed by atoms with Gasteiger partial charge in [-0.3, -0.25) is 0 Å². The van der Waals surface area contributed by atoms with Crippen LogP contribution in [0.4, 0.5) is 0 Å². The van der Waals surface area contributed by atoms with E-state index in [2.05, 4.69) is 16.0 Å². The van der Waals surface area contributed by atoms with E-state index in [1.54, 1.807) is 6.20 Å². The van der Waals surface area contributed by atoms with Crippen molar-refractivity contribution >= 4 is 0 Å². The van der Waals surface area contributed by atoms with Crippen LogP contribution in [0, 0.1) is 0 Å². The summed E-state index contributed by atoms with van der Waals surface area (Å²) in [5.41, 5.74) is 7.73. The van der Waals surface area contributed by atoms with Gasteiger partial charge >= 0.3 is 0 Å². The number of fused-ring (bicyclic) bond motifs is 1. The predicted molar refractivity (Wildman–Crippen MR) is 68.3 cm³/mol. The van der Waals surface area contributed by atoms with Crippen molar-refractivity contribution in [2.75, 3.05) is 6.54 Å². The van der Waals surface area contributed by atoms with E-state index in [1.165, 1.54) is 5.56 Å². The lowest BCUT2D eigenvalue weighted by molar-refractivity contribution is 0.227. The van der Waals surface area contributed by atoms with Crippen LogP contribution in [0.15, 0.2) is 36.5 Å². The minimum atomic E-state index is -0.0693. The first-order chi connectivity index (χ1) is 8.86. The van der Waals surface area contributed by atoms with E-state index in [1.807, 2.05) is 24.3 Å². The topological polar surface area (TPSA) is 61.0 Å². The SMILES string of the molecule is NCCc1ccnc(C2Cc3ccccc3O2)n1. The monoisotopic (exact) mass is 241 g/mol. The molecule has 92 valence electrons. The molecule has 0 aliphatic carbocycles. The molecular weight excluding hydrogens is 226 g/mol. The fraction of sp³-hybridized carbons (Fsp3) is 0.286. The van der Waals surface area contributed by atoms with Gasteiger partial charge in [0.15, 0.2) is 11.9 Å². The van der Waals surface area contributed by atoms with Crippen molar-refractivity contribution in [3.05, 3.63) is 53.6 Å². The van der Waals surface area contributed by atoms with E-state index in [0.29, 0.717) is 6.54 Å². The van der Waals surface area contributed by atoms with Gasteiger partial charge in [-0.15, -0.1) is 0 Å². The summed E-state index contributed by atoms with van der Waals surface area (Å²) < 4.78 is 5.87. The molecule has 4 nitrogen and oxygen atoms in total. The Morgan fingerprint density at radius 1 is 1.28 bits per heavy atom. The molecule has 3 rings (SSSR count). The molecule has 4 heteroatoms. The van der Waals surface area contributed by atoms with Crippen LogP contribution in [-0.4, -0.2) is 16.5 Å². The van der Waals surface area contributed by atoms with Gasteiger partial charge in [-0.25, -0.2) is 9.97 Å². The average Bonchev–Trinajstić information content (AvgIpc) is 2.83. The molecule has 0 radical (unpaired) electrons. The maximum Gasteiger partial charge on any atom is 0.169 e. The van der Waals surface area contributed by atoms with Crippen molar-refractivity contribution in [3.63, 3.8) is 0 Å². The minimum absolute atomic E-state index is 0.0693. The smallest absolute Gasteiger partial charge is 0.169 e. The summed E-state index contributed by atoms with van der Waals surface area (Å²) in [5, 5.41) is 0. The Bertz CT molecular complexity index is 531. The van der Waals surface area contributed by atoms with E-state index >= 15 is 0 Å². The molecule has 2 N–H and O–H groups in total. The Hall–Kier alpha value is -1.94. The van der Waals surface area contributed by atoms with Crippen LogP contribution in [-0.2, 0) is 12.8 Å². The summed E-state index contributed by atoms with van der Waals surface area (Å²) in [6.07, 6.45) is 3.32. The molecule has 1 aliphatic rings. The Kier molecular flexibility index (Phi) is 2.94. The van der Waals surface area contributed by atoms with Gasteiger partial charge in [0.05, 0.1) is 0 Å². The standard InChI is InChI=1S/C14H15N3O/c15-7-5-11-6-8-16-14(17-11)13-9-10-3-1-2-4-12(10)18-13/h1-4,6,8,13H,5,7,9,15H2. The number of nitrogens with two attached hydrogens (primary N) is 1. The van der Waals surface area contributed by atoms with E-state index < -0.39 is 0 Å². The molecule has 2 heterocycles. The molecule has 18 heavy (non-hydrogen) atoms. The van der Waals surface area contributed by atoms with Gasteiger partial charge in [0.2, 0.25) is 0 Å². The van der Waals surface area contributed by atoms with Crippen LogP contribution in [0.5, 0.6) is 5.75 Å². The summed E-state index contributed by atoms with van der Waals surface area (Å²) in [6, 6.07) is 9.97. The highest BCUT2D eigenvalue weighted by Crippen LogP contribution is 2.34. The molecule has 1 aromatic carbocycles. The normalized spacial score (nSPS) is 17.3. The Balaban J connectivity index is 1.83. The predicted octanol–water partition coefficient (Wildman–Crippen LogP) is 1.65. The number of benzene rings is 1. The van der Waals surface area contributed by atoms with Crippen LogP contribution in [0.25, 0.3) is 0 Å². The maximum atomic E-state index is 5.87. The van der Waals surface area contributed by atoms with Crippen LogP contribution >= 0.6 is 0 Å². The van der Waals surface area contributed by atoms with Gasteiger partial charge in [-0.1, -0.05) is 18.2 Å². The van der Waals surface area contributed by atoms with Gasteiger partial charge < -0.3 is 10.5 Å². The summed E-state index contributed by atoms with van der Waals surface area (Å²) in [4.78, 5) is 8.82. The molecule has 1 aromatic heterocycles. The highest BCUT2D eigenvalue weighted by atomic mass is 16.5. The van der Waals surface area contributed by atoms with Gasteiger partial charge in [0.1, 0.15) is 5.75 Å². The third-order valence-corrected chi connectivity index (χ3v) is 3.07. The first-order valence-electron chi connectivity index (χ1n) is 6.13. The molecule has 0 bridgehead atoms. The van der Waals surface area contributed by atoms with Crippen molar-refractivity contribution in [3.8, 4) is 5.75 Å². The number of nitrogens with zero attached hydrogens (tertiary/aromatic N) is 2. The van der Waals surface area contributed by atoms with Gasteiger partial charge in [-0.2, -0.15) is 0 Å². The Morgan fingerprint density at radius 3 is 3.00 bits per heavy atom. The Labute approximate surface area is 106 Å². The lowest BCUT2D eigenvalue weighted by Crippen LogP contribution is -2.11. The number of ether oxygens (including phenoxy) is 1. The minimum Gasteiger partial charge on any atom is -0.482 e. The van der Waals surface area contributed by atoms with Gasteiger partial charge in [-0.05, 0) is 24.2 Å². The fourth-order valence-electron chi connectivity index (χ4n) is 2.18. The van der Waals surface area contributed by atoms with Gasteiger partial charge in [0.25, 0.3) is 0 Å². The second kappa shape index (κ2) is 4.74. The van der Waals surface area contributed by atoms with Crippen molar-refractivity contribution in [2.45, 2.75) is 18.9 Å². The zero-order valence-corrected chi connectivity index (χ0v) is 10.0. The van der Waals surface area contributed by atoms with Crippen LogP contribution in [0.2, 0.25) is 0 Å². The first-order valence-corrected chi connectivity index (χ1v) is 6.13. The van der Waals surface area contributed by atoms with Crippen molar-refractivity contribution in [2.24, 2.45) is 5.73 Å². The van der Waals surface area contributed by atoms with Crippen LogP contribution < -0.4 is 10.5 Å². The largest absolute Gasteiger partial charge is 0.482 e. The van der Waals surface area contributed by atoms with E-state index in [9.17, 15) is 0 Å². The molecule has 1 aliphatic heterocycles. The second-order valence-electron chi connectivity index (χ2n) is 4.36. The molecule has 0 amide bonds. The average molecular weight is 241 g/mol. The lowest BCUT2D eigenvalue weighted by atomic mass is 10.1. The van der Waals surface area contributed by atoms with E-state index in [0.717, 1.165) is 30.1 Å². The maximum absolute atomic E-state index is 5.87. The highest BCUT2D eigenvalue weighted by molar-refractivity contribution is 5.38. The molecule has 2 aromatic rings. The molecule has 0 saturated carbocycles. The molecule has 0 saturated heterocycles. The second-order valence-corrected chi connectivity index (χ2v) is 4.36. The highest BCUT2D eigenvalue weighted by Gasteiger charge is 2.26. The van der Waals surface area contributed by atoms with Crippen molar-refractivity contribution in [1.29, 1.82) is 0 Å². The van der Waals surface area contributed by atoms with Gasteiger partial charge in [0, 0.05) is 24.7 Å². The molecule has 0 fully saturated rings. The van der Waals surface area contributed by atoms with Crippen molar-refractivity contribution in [1.82, 2.24) is 9.97 Å². The molecule has 1 atom stereocenters. The summed E-state index contributed by atoms with van der Waals surface area (Å²) in [7, 11) is 0. The van der Waals surface area contributed by atoms with E-state index in [4.69, 9.17) is 10.5 Å². The number of aromatic nitrogens is 2. The number of hydrogen-bond donors (Lipinski definition) is 1. The third kappa shape index (κ3) is 2.07. The number of rotatable bonds is 3. The quantitative estimate of drug-likeness (QED) is 0.887. The van der Waals surface area contributed by atoms with Crippen LogP contribution in [0.1, 0.15) is 23.2 Å². The fourth-order valence-corrected chi connectivity index (χ4v) is 2.18. The third-order valence-electron chi connectivity index (χ3n) is 3.07. The number of para-hydroxylation sites is 1. The van der Waals surface area contributed by atoms with Crippen molar-refractivity contribution < 1.29 is 4.74 Å². The summed E-state index contributed by atoms with van der Waals surface area (Å²) >= 11 is 0. The van der Waals surface area contributed by atoms with E-state index in [-0.39, 0.29) is 6.10 Å². The summed E-state index contributed by atoms with van der Waals surface area (Å²) in [5.74, 6) is 1.69. The Morgan fingerprint density at radius 2 is 2.17 bits per heavy atom. The summed E-state index contributed by atoms with van der Waals surface area (Å²) in [6.45, 7) is 0.599. The molecular formula is C14H15N3O. The zero-order chi connectivity index (χ0) is 12.4. The van der Waals surface area contributed by atoms with Crippen LogP contribution in [0.3, 0.4) is 0 Å². The number of hydrogen-bond acceptors (Lipinski definition) is 4. The molecule has 1 unspecified atom stereocenters. The zero-order valence-electron chi connectivity index (χ0n) is 10.0. The molecule has 0 spiro atoms. The lowest BCUT2D eigenvalue weighted by Gasteiger charge is -2.09. The first kappa shape index (κ1) is 11.2.